The van der Waals surface area contributed by atoms with Crippen molar-refractivity contribution in [2.24, 2.45) is 15.2 Å². The van der Waals surface area contributed by atoms with Crippen molar-refractivity contribution in [2.45, 2.75) is 52.1 Å². The summed E-state index contributed by atoms with van der Waals surface area (Å²) in [6.45, 7) is 6.31. The van der Waals surface area contributed by atoms with Gasteiger partial charge in [0.05, 0.1) is 12.3 Å². The Hall–Kier alpha value is -2.00. The maximum Gasteiger partial charge on any atom is 0.237 e. The largest absolute Gasteiger partial charge is 0.494 e. The topological polar surface area (TPSA) is 63.4 Å². The summed E-state index contributed by atoms with van der Waals surface area (Å²) < 4.78 is 5.65. The minimum absolute atomic E-state index is 0.697. The zero-order chi connectivity index (χ0) is 15.6. The highest BCUT2D eigenvalue weighted by atomic mass is 16.5. The van der Waals surface area contributed by atoms with Gasteiger partial charge in [-0.1, -0.05) is 26.2 Å². The number of benzene rings is 1. The van der Waals surface area contributed by atoms with E-state index in [0.717, 1.165) is 18.8 Å². The lowest BCUT2D eigenvalue weighted by Crippen LogP contribution is -2.10. The lowest BCUT2D eigenvalue weighted by atomic mass is 10.2. The molecule has 0 N–H and O–H groups in total. The fraction of sp³-hybridized carbons (Fsp3) is 0.562. The quantitative estimate of drug-likeness (QED) is 0.283. The first-order valence-electron chi connectivity index (χ1n) is 7.32. The Labute approximate surface area is 126 Å². The summed E-state index contributed by atoms with van der Waals surface area (Å²) in [7, 11) is 0. The normalized spacial score (nSPS) is 11.4. The summed E-state index contributed by atoms with van der Waals surface area (Å²) in [5, 5.41) is 8.05. The molecule has 0 bridgehead atoms. The minimum atomic E-state index is -0.879. The molecule has 0 radical (unpaired) electrons. The Morgan fingerprint density at radius 1 is 1.14 bits per heavy atom. The highest BCUT2D eigenvalue weighted by molar-refractivity contribution is 5.40. The molecular formula is C16H23N3O2. The van der Waals surface area contributed by atoms with Gasteiger partial charge < -0.3 is 4.74 Å². The molecule has 1 aromatic rings. The first kappa shape index (κ1) is 17.1. The molecule has 0 aliphatic rings. The van der Waals surface area contributed by atoms with Crippen LogP contribution in [0.5, 0.6) is 5.75 Å². The van der Waals surface area contributed by atoms with Crippen molar-refractivity contribution in [1.82, 2.24) is 0 Å². The van der Waals surface area contributed by atoms with Crippen molar-refractivity contribution in [3.05, 3.63) is 24.3 Å². The zero-order valence-electron chi connectivity index (χ0n) is 13.0. The van der Waals surface area contributed by atoms with Crippen molar-refractivity contribution >= 4 is 11.8 Å². The second-order valence-corrected chi connectivity index (χ2v) is 5.30. The molecule has 1 rings (SSSR count). The van der Waals surface area contributed by atoms with Crippen LogP contribution in [0.3, 0.4) is 0 Å². The molecule has 0 spiro atoms. The number of nitrogens with zero attached hydrogens (tertiary/aromatic N) is 3. The van der Waals surface area contributed by atoms with Gasteiger partial charge in [0.15, 0.2) is 5.66 Å². The molecule has 0 aromatic heterocycles. The first-order valence-corrected chi connectivity index (χ1v) is 7.32. The van der Waals surface area contributed by atoms with Gasteiger partial charge in [0.1, 0.15) is 5.75 Å². The number of hydrogen-bond acceptors (Lipinski definition) is 5. The van der Waals surface area contributed by atoms with Crippen LogP contribution >= 0.6 is 0 Å². The Kier molecular flexibility index (Phi) is 7.33. The average molecular weight is 289 g/mol. The summed E-state index contributed by atoms with van der Waals surface area (Å²) in [4.78, 5) is 13.8. The number of rotatable bonds is 9. The average Bonchev–Trinajstić information content (AvgIpc) is 2.46. The molecule has 5 nitrogen and oxygen atoms in total. The number of unbranched alkanes of at least 4 members (excludes halogenated alkanes) is 3. The molecule has 0 saturated heterocycles. The second-order valence-electron chi connectivity index (χ2n) is 5.30. The summed E-state index contributed by atoms with van der Waals surface area (Å²) in [5.41, 5.74) is -0.182. The molecule has 5 heteroatoms. The lowest BCUT2D eigenvalue weighted by Gasteiger charge is -2.08. The van der Waals surface area contributed by atoms with E-state index in [0.29, 0.717) is 5.69 Å². The molecule has 114 valence electrons. The summed E-state index contributed by atoms with van der Waals surface area (Å²) >= 11 is 0. The van der Waals surface area contributed by atoms with Gasteiger partial charge in [-0.05, 0) is 44.5 Å². The maximum atomic E-state index is 10.2. The van der Waals surface area contributed by atoms with E-state index in [1.165, 1.54) is 25.3 Å². The highest BCUT2D eigenvalue weighted by Crippen LogP contribution is 2.21. The lowest BCUT2D eigenvalue weighted by molar-refractivity contribution is 0.305. The monoisotopic (exact) mass is 289 g/mol. The molecule has 0 amide bonds. The van der Waals surface area contributed by atoms with E-state index in [9.17, 15) is 4.79 Å². The Morgan fingerprint density at radius 3 is 2.48 bits per heavy atom. The Morgan fingerprint density at radius 2 is 1.86 bits per heavy atom. The third kappa shape index (κ3) is 7.37. The van der Waals surface area contributed by atoms with Crippen LogP contribution in [0, 0.1) is 0 Å². The summed E-state index contributed by atoms with van der Waals surface area (Å²) in [5.74, 6) is 0.829. The fourth-order valence-electron chi connectivity index (χ4n) is 1.64. The van der Waals surface area contributed by atoms with E-state index in [4.69, 9.17) is 4.74 Å². The molecule has 0 heterocycles. The molecule has 0 saturated carbocycles. The second kappa shape index (κ2) is 9.03. The number of hydrogen-bond donors (Lipinski definition) is 0. The van der Waals surface area contributed by atoms with E-state index < -0.39 is 5.66 Å². The van der Waals surface area contributed by atoms with Crippen LogP contribution < -0.4 is 4.74 Å². The van der Waals surface area contributed by atoms with E-state index in [1.54, 1.807) is 13.8 Å². The summed E-state index contributed by atoms with van der Waals surface area (Å²) in [6, 6.07) is 7.38. The van der Waals surface area contributed by atoms with Gasteiger partial charge in [0.25, 0.3) is 0 Å². The van der Waals surface area contributed by atoms with Crippen LogP contribution in [0.25, 0.3) is 0 Å². The molecule has 0 aliphatic heterocycles. The number of ether oxygens (including phenoxy) is 1. The maximum absolute atomic E-state index is 10.2. The van der Waals surface area contributed by atoms with Crippen molar-refractivity contribution in [3.63, 3.8) is 0 Å². The SMILES string of the molecule is CCCCCCOc1ccc(N=NC(C)(C)N=C=O)cc1. The van der Waals surface area contributed by atoms with Crippen molar-refractivity contribution in [1.29, 1.82) is 0 Å². The third-order valence-corrected chi connectivity index (χ3v) is 2.83. The van der Waals surface area contributed by atoms with Gasteiger partial charge in [-0.2, -0.15) is 15.2 Å². The zero-order valence-corrected chi connectivity index (χ0v) is 13.0. The predicted molar refractivity (Wildman–Crippen MR) is 82.8 cm³/mol. The Balaban J connectivity index is 2.47. The third-order valence-electron chi connectivity index (χ3n) is 2.83. The van der Waals surface area contributed by atoms with Gasteiger partial charge in [-0.25, -0.2) is 4.79 Å². The molecule has 0 aliphatic carbocycles. The summed E-state index contributed by atoms with van der Waals surface area (Å²) in [6.07, 6.45) is 6.25. The van der Waals surface area contributed by atoms with E-state index in [1.807, 2.05) is 24.3 Å². The predicted octanol–water partition coefficient (Wildman–Crippen LogP) is 4.80. The van der Waals surface area contributed by atoms with Crippen LogP contribution in [0.1, 0.15) is 46.5 Å². The van der Waals surface area contributed by atoms with Gasteiger partial charge in [0, 0.05) is 0 Å². The van der Waals surface area contributed by atoms with Crippen LogP contribution in [-0.2, 0) is 4.79 Å². The molecular weight excluding hydrogens is 266 g/mol. The van der Waals surface area contributed by atoms with Crippen LogP contribution in [0.4, 0.5) is 5.69 Å². The first-order chi connectivity index (χ1) is 10.1. The molecule has 0 fully saturated rings. The van der Waals surface area contributed by atoms with E-state index >= 15 is 0 Å². The van der Waals surface area contributed by atoms with Crippen molar-refractivity contribution in [2.75, 3.05) is 6.61 Å². The van der Waals surface area contributed by atoms with Gasteiger partial charge in [-0.15, -0.1) is 0 Å². The smallest absolute Gasteiger partial charge is 0.237 e. The number of azo groups is 1. The number of isocyanates is 1. The van der Waals surface area contributed by atoms with Gasteiger partial charge in [-0.3, -0.25) is 0 Å². The number of carbonyl (C=O) groups excluding carboxylic acids is 1. The Bertz CT molecular complexity index is 489. The fourth-order valence-corrected chi connectivity index (χ4v) is 1.64. The van der Waals surface area contributed by atoms with E-state index in [2.05, 4.69) is 22.1 Å². The van der Waals surface area contributed by atoms with Crippen molar-refractivity contribution in [3.8, 4) is 5.75 Å². The number of aliphatic imine (C=N–C) groups is 1. The highest BCUT2D eigenvalue weighted by Gasteiger charge is 2.13. The molecule has 0 atom stereocenters. The molecule has 1 aromatic carbocycles. The van der Waals surface area contributed by atoms with Crippen LogP contribution in [0.2, 0.25) is 0 Å². The van der Waals surface area contributed by atoms with Crippen LogP contribution in [-0.4, -0.2) is 18.3 Å². The van der Waals surface area contributed by atoms with Gasteiger partial charge >= 0.3 is 0 Å². The standard InChI is InChI=1S/C16H23N3O2/c1-4-5-6-7-12-21-15-10-8-14(9-11-15)18-19-16(2,3)17-13-20/h8-11H,4-7,12H2,1-3H3. The molecule has 0 unspecified atom stereocenters. The van der Waals surface area contributed by atoms with E-state index in [-0.39, 0.29) is 0 Å². The van der Waals surface area contributed by atoms with Crippen LogP contribution in [0.15, 0.2) is 39.5 Å². The van der Waals surface area contributed by atoms with Gasteiger partial charge in [0.2, 0.25) is 6.08 Å². The molecule has 21 heavy (non-hydrogen) atoms. The minimum Gasteiger partial charge on any atom is -0.494 e. The van der Waals surface area contributed by atoms with Crippen molar-refractivity contribution < 1.29 is 9.53 Å².